The van der Waals surface area contributed by atoms with Crippen molar-refractivity contribution in [3.8, 4) is 0 Å². The quantitative estimate of drug-likeness (QED) is 0.898. The van der Waals surface area contributed by atoms with Crippen LogP contribution in [-0.2, 0) is 6.54 Å². The van der Waals surface area contributed by atoms with Gasteiger partial charge in [-0.3, -0.25) is 4.90 Å². The number of aromatic carboxylic acids is 1. The SMILES string of the molecule is O=C(O)c1ccc(CN2CCC(F)(F)CC2)cn1. The Morgan fingerprint density at radius 2 is 2.06 bits per heavy atom. The highest BCUT2D eigenvalue weighted by Gasteiger charge is 2.33. The van der Waals surface area contributed by atoms with Crippen LogP contribution >= 0.6 is 0 Å². The van der Waals surface area contributed by atoms with E-state index in [1.807, 2.05) is 4.90 Å². The standard InChI is InChI=1S/C12H14F2N2O2/c13-12(14)3-5-16(6-4-12)8-9-1-2-10(11(17)18)15-7-9/h1-2,7H,3-6,8H2,(H,17,18). The van der Waals surface area contributed by atoms with Crippen molar-refractivity contribution < 1.29 is 18.7 Å². The Morgan fingerprint density at radius 1 is 1.39 bits per heavy atom. The van der Waals surface area contributed by atoms with Gasteiger partial charge in [0.25, 0.3) is 5.92 Å². The van der Waals surface area contributed by atoms with E-state index in [1.165, 1.54) is 12.3 Å². The third-order valence-electron chi connectivity index (χ3n) is 3.04. The average molecular weight is 256 g/mol. The van der Waals surface area contributed by atoms with Gasteiger partial charge in [0.15, 0.2) is 0 Å². The molecular weight excluding hydrogens is 242 g/mol. The van der Waals surface area contributed by atoms with E-state index in [2.05, 4.69) is 4.98 Å². The number of carbonyl (C=O) groups is 1. The summed E-state index contributed by atoms with van der Waals surface area (Å²) in [6, 6.07) is 3.10. The Labute approximate surface area is 103 Å². The molecule has 0 amide bonds. The van der Waals surface area contributed by atoms with E-state index in [0.717, 1.165) is 5.56 Å². The zero-order chi connectivity index (χ0) is 13.2. The molecule has 0 radical (unpaired) electrons. The third-order valence-corrected chi connectivity index (χ3v) is 3.04. The summed E-state index contributed by atoms with van der Waals surface area (Å²) in [5, 5.41) is 8.70. The van der Waals surface area contributed by atoms with Crippen LogP contribution in [-0.4, -0.2) is 40.0 Å². The summed E-state index contributed by atoms with van der Waals surface area (Å²) in [6.45, 7) is 1.24. The zero-order valence-electron chi connectivity index (χ0n) is 9.77. The zero-order valence-corrected chi connectivity index (χ0v) is 9.77. The molecule has 0 aliphatic carbocycles. The van der Waals surface area contributed by atoms with Crippen molar-refractivity contribution >= 4 is 5.97 Å². The van der Waals surface area contributed by atoms with Crippen LogP contribution in [0.1, 0.15) is 28.9 Å². The summed E-state index contributed by atoms with van der Waals surface area (Å²) in [5.74, 6) is -3.61. The fraction of sp³-hybridized carbons (Fsp3) is 0.500. The number of likely N-dealkylation sites (tertiary alicyclic amines) is 1. The molecule has 0 atom stereocenters. The molecule has 1 N–H and O–H groups in total. The Kier molecular flexibility index (Phi) is 3.56. The van der Waals surface area contributed by atoms with Gasteiger partial charge in [0.05, 0.1) is 0 Å². The molecule has 6 heteroatoms. The molecule has 2 rings (SSSR count). The van der Waals surface area contributed by atoms with Gasteiger partial charge in [0.2, 0.25) is 0 Å². The number of piperidine rings is 1. The van der Waals surface area contributed by atoms with Crippen molar-refractivity contribution in [3.63, 3.8) is 0 Å². The summed E-state index contributed by atoms with van der Waals surface area (Å²) in [7, 11) is 0. The lowest BCUT2D eigenvalue weighted by Crippen LogP contribution is -2.38. The van der Waals surface area contributed by atoms with Crippen LogP contribution in [0.3, 0.4) is 0 Å². The first-order valence-electron chi connectivity index (χ1n) is 5.75. The molecule has 4 nitrogen and oxygen atoms in total. The van der Waals surface area contributed by atoms with Crippen LogP contribution in [0.5, 0.6) is 0 Å². The number of alkyl halides is 2. The molecular formula is C12H14F2N2O2. The highest BCUT2D eigenvalue weighted by atomic mass is 19.3. The van der Waals surface area contributed by atoms with Crippen molar-refractivity contribution in [1.29, 1.82) is 0 Å². The largest absolute Gasteiger partial charge is 0.477 e. The maximum absolute atomic E-state index is 13.0. The minimum atomic E-state index is -2.54. The summed E-state index contributed by atoms with van der Waals surface area (Å²) in [5.41, 5.74) is 0.828. The molecule has 2 heterocycles. The highest BCUT2D eigenvalue weighted by molar-refractivity contribution is 5.85. The van der Waals surface area contributed by atoms with E-state index >= 15 is 0 Å². The van der Waals surface area contributed by atoms with Crippen molar-refractivity contribution in [2.24, 2.45) is 0 Å². The molecule has 0 spiro atoms. The molecule has 1 aromatic rings. The van der Waals surface area contributed by atoms with Gasteiger partial charge in [0.1, 0.15) is 5.69 Å². The van der Waals surface area contributed by atoms with Gasteiger partial charge in [-0.1, -0.05) is 6.07 Å². The Hall–Kier alpha value is -1.56. The maximum atomic E-state index is 13.0. The van der Waals surface area contributed by atoms with Gasteiger partial charge in [0, 0.05) is 38.7 Å². The van der Waals surface area contributed by atoms with Gasteiger partial charge >= 0.3 is 5.97 Å². The highest BCUT2D eigenvalue weighted by Crippen LogP contribution is 2.28. The lowest BCUT2D eigenvalue weighted by molar-refractivity contribution is -0.0566. The van der Waals surface area contributed by atoms with E-state index in [4.69, 9.17) is 5.11 Å². The second kappa shape index (κ2) is 4.97. The van der Waals surface area contributed by atoms with E-state index < -0.39 is 11.9 Å². The second-order valence-electron chi connectivity index (χ2n) is 4.49. The summed E-state index contributed by atoms with van der Waals surface area (Å²) in [4.78, 5) is 16.3. The monoisotopic (exact) mass is 256 g/mol. The minimum absolute atomic E-state index is 0.0103. The normalized spacial score (nSPS) is 19.7. The molecule has 0 saturated carbocycles. The molecule has 0 unspecified atom stereocenters. The van der Waals surface area contributed by atoms with Crippen molar-refractivity contribution in [2.45, 2.75) is 25.3 Å². The van der Waals surface area contributed by atoms with Gasteiger partial charge in [-0.2, -0.15) is 0 Å². The fourth-order valence-corrected chi connectivity index (χ4v) is 1.94. The van der Waals surface area contributed by atoms with Crippen LogP contribution < -0.4 is 0 Å². The Balaban J connectivity index is 1.92. The molecule has 0 aromatic carbocycles. The molecule has 1 saturated heterocycles. The van der Waals surface area contributed by atoms with Crippen LogP contribution in [0.25, 0.3) is 0 Å². The summed E-state index contributed by atoms with van der Waals surface area (Å²) < 4.78 is 25.9. The second-order valence-corrected chi connectivity index (χ2v) is 4.49. The van der Waals surface area contributed by atoms with E-state index in [-0.39, 0.29) is 18.5 Å². The summed E-state index contributed by atoms with van der Waals surface area (Å²) >= 11 is 0. The lowest BCUT2D eigenvalue weighted by atomic mass is 10.1. The van der Waals surface area contributed by atoms with E-state index in [1.54, 1.807) is 6.07 Å². The fourth-order valence-electron chi connectivity index (χ4n) is 1.94. The third kappa shape index (κ3) is 3.22. The van der Waals surface area contributed by atoms with Crippen LogP contribution in [0.4, 0.5) is 8.78 Å². The van der Waals surface area contributed by atoms with Crippen LogP contribution in [0.15, 0.2) is 18.3 Å². The van der Waals surface area contributed by atoms with Crippen LogP contribution in [0.2, 0.25) is 0 Å². The van der Waals surface area contributed by atoms with Gasteiger partial charge in [-0.25, -0.2) is 18.6 Å². The molecule has 1 aliphatic heterocycles. The first-order chi connectivity index (χ1) is 8.46. The average Bonchev–Trinajstić information content (AvgIpc) is 2.33. The van der Waals surface area contributed by atoms with Gasteiger partial charge in [-0.15, -0.1) is 0 Å². The minimum Gasteiger partial charge on any atom is -0.477 e. The number of aromatic nitrogens is 1. The smallest absolute Gasteiger partial charge is 0.354 e. The van der Waals surface area contributed by atoms with Crippen molar-refractivity contribution in [2.75, 3.05) is 13.1 Å². The predicted octanol–water partition coefficient (Wildman–Crippen LogP) is 2.01. The topological polar surface area (TPSA) is 53.4 Å². The number of carboxylic acid groups (broad SMARTS) is 1. The molecule has 1 aromatic heterocycles. The molecule has 18 heavy (non-hydrogen) atoms. The number of halogens is 2. The Bertz CT molecular complexity index is 424. The van der Waals surface area contributed by atoms with Gasteiger partial charge in [-0.05, 0) is 11.6 Å². The van der Waals surface area contributed by atoms with E-state index in [9.17, 15) is 13.6 Å². The number of hydrogen-bond acceptors (Lipinski definition) is 3. The molecule has 1 fully saturated rings. The van der Waals surface area contributed by atoms with Crippen molar-refractivity contribution in [3.05, 3.63) is 29.6 Å². The lowest BCUT2D eigenvalue weighted by Gasteiger charge is -2.31. The van der Waals surface area contributed by atoms with E-state index in [0.29, 0.717) is 19.6 Å². The number of hydrogen-bond donors (Lipinski definition) is 1. The Morgan fingerprint density at radius 3 is 2.56 bits per heavy atom. The molecule has 98 valence electrons. The first-order valence-corrected chi connectivity index (χ1v) is 5.75. The number of rotatable bonds is 3. The predicted molar refractivity (Wildman–Crippen MR) is 60.7 cm³/mol. The van der Waals surface area contributed by atoms with Crippen molar-refractivity contribution in [1.82, 2.24) is 9.88 Å². The van der Waals surface area contributed by atoms with Crippen LogP contribution in [0, 0.1) is 0 Å². The number of nitrogens with zero attached hydrogens (tertiary/aromatic N) is 2. The maximum Gasteiger partial charge on any atom is 0.354 e. The number of pyridine rings is 1. The molecule has 0 bridgehead atoms. The number of carboxylic acids is 1. The summed E-state index contributed by atoms with van der Waals surface area (Å²) in [6.07, 6.45) is 1.25. The first kappa shape index (κ1) is 12.9. The molecule has 1 aliphatic rings. The van der Waals surface area contributed by atoms with Gasteiger partial charge < -0.3 is 5.11 Å².